The number of aromatic nitrogens is 2. The quantitative estimate of drug-likeness (QED) is 0.884. The van der Waals surface area contributed by atoms with Crippen molar-refractivity contribution < 1.29 is 19.0 Å². The van der Waals surface area contributed by atoms with Crippen LogP contribution in [0.5, 0.6) is 17.4 Å². The number of hydrogen-bond donors (Lipinski definition) is 1. The summed E-state index contributed by atoms with van der Waals surface area (Å²) in [5, 5.41) is 2.89. The molecule has 1 aromatic heterocycles. The Labute approximate surface area is 152 Å². The number of amides is 2. The van der Waals surface area contributed by atoms with Gasteiger partial charge >= 0.3 is 6.03 Å². The average molecular weight is 358 g/mol. The topological polar surface area (TPSA) is 85.8 Å². The fourth-order valence-electron chi connectivity index (χ4n) is 2.88. The number of methoxy groups -OCH3 is 2. The van der Waals surface area contributed by atoms with Crippen LogP contribution in [0.15, 0.2) is 36.8 Å². The first-order chi connectivity index (χ1) is 12.7. The molecule has 0 bridgehead atoms. The molecule has 26 heavy (non-hydrogen) atoms. The highest BCUT2D eigenvalue weighted by Crippen LogP contribution is 2.34. The Morgan fingerprint density at radius 1 is 1.19 bits per heavy atom. The minimum Gasteiger partial charge on any atom is -0.493 e. The van der Waals surface area contributed by atoms with Crippen molar-refractivity contribution in [2.75, 3.05) is 32.6 Å². The molecular formula is C18H22N4O4. The number of hydrogen-bond acceptors (Lipinski definition) is 6. The van der Waals surface area contributed by atoms with Crippen molar-refractivity contribution >= 4 is 11.7 Å². The van der Waals surface area contributed by atoms with E-state index in [1.807, 2.05) is 0 Å². The normalized spacial score (nSPS) is 14.6. The maximum absolute atomic E-state index is 12.6. The van der Waals surface area contributed by atoms with Crippen LogP contribution < -0.4 is 19.5 Å². The van der Waals surface area contributed by atoms with E-state index in [1.54, 1.807) is 49.6 Å². The number of para-hydroxylation sites is 1. The highest BCUT2D eigenvalue weighted by molar-refractivity contribution is 5.91. The molecule has 1 aliphatic rings. The second-order valence-corrected chi connectivity index (χ2v) is 5.82. The Hall–Kier alpha value is -3.03. The molecular weight excluding hydrogens is 336 g/mol. The molecule has 1 fully saturated rings. The molecule has 8 nitrogen and oxygen atoms in total. The van der Waals surface area contributed by atoms with E-state index in [4.69, 9.17) is 14.2 Å². The Morgan fingerprint density at radius 2 is 2.00 bits per heavy atom. The zero-order valence-electron chi connectivity index (χ0n) is 14.8. The predicted octanol–water partition coefficient (Wildman–Crippen LogP) is 2.57. The standard InChI is InChI=1S/C18H22N4O4/c1-24-15-5-3-4-14(17(15)25-2)21-18(23)22-10-7-13(8-11-22)26-16-6-9-19-12-20-16/h3-6,9,12-13H,7-8,10-11H2,1-2H3,(H,21,23). The molecule has 0 aliphatic carbocycles. The molecule has 3 rings (SSSR count). The van der Waals surface area contributed by atoms with E-state index in [2.05, 4.69) is 15.3 Å². The number of nitrogens with one attached hydrogen (secondary N) is 1. The molecule has 1 aromatic carbocycles. The van der Waals surface area contributed by atoms with E-state index in [0.29, 0.717) is 36.2 Å². The maximum Gasteiger partial charge on any atom is 0.321 e. The van der Waals surface area contributed by atoms with Crippen LogP contribution in [-0.2, 0) is 0 Å². The Kier molecular flexibility index (Phi) is 5.73. The van der Waals surface area contributed by atoms with Crippen molar-refractivity contribution in [1.82, 2.24) is 14.9 Å². The molecule has 0 radical (unpaired) electrons. The summed E-state index contributed by atoms with van der Waals surface area (Å²) in [6.45, 7) is 1.21. The van der Waals surface area contributed by atoms with Crippen LogP contribution >= 0.6 is 0 Å². The van der Waals surface area contributed by atoms with Gasteiger partial charge in [0, 0.05) is 38.2 Å². The van der Waals surface area contributed by atoms with Gasteiger partial charge in [-0.1, -0.05) is 6.07 Å². The number of ether oxygens (including phenoxy) is 3. The molecule has 1 aliphatic heterocycles. The van der Waals surface area contributed by atoms with Crippen LogP contribution in [-0.4, -0.2) is 54.3 Å². The van der Waals surface area contributed by atoms with Gasteiger partial charge < -0.3 is 24.4 Å². The van der Waals surface area contributed by atoms with Crippen molar-refractivity contribution in [3.8, 4) is 17.4 Å². The van der Waals surface area contributed by atoms with Gasteiger partial charge in [-0.15, -0.1) is 0 Å². The first-order valence-corrected chi connectivity index (χ1v) is 8.41. The van der Waals surface area contributed by atoms with Crippen molar-refractivity contribution in [2.24, 2.45) is 0 Å². The van der Waals surface area contributed by atoms with Crippen molar-refractivity contribution in [3.05, 3.63) is 36.8 Å². The van der Waals surface area contributed by atoms with Crippen LogP contribution in [0.1, 0.15) is 12.8 Å². The fourth-order valence-corrected chi connectivity index (χ4v) is 2.88. The summed E-state index contributed by atoms with van der Waals surface area (Å²) >= 11 is 0. The van der Waals surface area contributed by atoms with Gasteiger partial charge in [-0.2, -0.15) is 0 Å². The lowest BCUT2D eigenvalue weighted by Gasteiger charge is -2.32. The molecule has 0 atom stereocenters. The molecule has 1 saturated heterocycles. The third-order valence-electron chi connectivity index (χ3n) is 4.22. The van der Waals surface area contributed by atoms with Gasteiger partial charge in [0.2, 0.25) is 5.88 Å². The molecule has 0 spiro atoms. The van der Waals surface area contributed by atoms with Crippen molar-refractivity contribution in [2.45, 2.75) is 18.9 Å². The molecule has 8 heteroatoms. The molecule has 138 valence electrons. The molecule has 0 saturated carbocycles. The average Bonchev–Trinajstić information content (AvgIpc) is 2.69. The SMILES string of the molecule is COc1cccc(NC(=O)N2CCC(Oc3ccncn3)CC2)c1OC. The molecule has 0 unspecified atom stereocenters. The third kappa shape index (κ3) is 4.14. The number of nitrogens with zero attached hydrogens (tertiary/aromatic N) is 3. The van der Waals surface area contributed by atoms with Gasteiger partial charge in [0.15, 0.2) is 11.5 Å². The number of piperidine rings is 1. The highest BCUT2D eigenvalue weighted by atomic mass is 16.5. The van der Waals surface area contributed by atoms with Crippen molar-refractivity contribution in [3.63, 3.8) is 0 Å². The number of carbonyl (C=O) groups excluding carboxylic acids is 1. The summed E-state index contributed by atoms with van der Waals surface area (Å²) in [7, 11) is 3.11. The van der Waals surface area contributed by atoms with Crippen molar-refractivity contribution in [1.29, 1.82) is 0 Å². The summed E-state index contributed by atoms with van der Waals surface area (Å²) in [5.41, 5.74) is 0.580. The van der Waals surface area contributed by atoms with E-state index in [1.165, 1.54) is 6.33 Å². The molecule has 2 amide bonds. The smallest absolute Gasteiger partial charge is 0.321 e. The number of benzene rings is 1. The summed E-state index contributed by atoms with van der Waals surface area (Å²) in [5.74, 6) is 1.64. The van der Waals surface area contributed by atoms with Gasteiger partial charge in [0.25, 0.3) is 0 Å². The summed E-state index contributed by atoms with van der Waals surface area (Å²) in [6.07, 6.45) is 4.63. The largest absolute Gasteiger partial charge is 0.493 e. The van der Waals surface area contributed by atoms with E-state index in [0.717, 1.165) is 12.8 Å². The number of urea groups is 1. The number of carbonyl (C=O) groups is 1. The Morgan fingerprint density at radius 3 is 2.65 bits per heavy atom. The van der Waals surface area contributed by atoms with E-state index >= 15 is 0 Å². The second-order valence-electron chi connectivity index (χ2n) is 5.82. The van der Waals surface area contributed by atoms with Crippen LogP contribution in [0.2, 0.25) is 0 Å². The molecule has 2 heterocycles. The third-order valence-corrected chi connectivity index (χ3v) is 4.22. The van der Waals surface area contributed by atoms with Crippen LogP contribution in [0.3, 0.4) is 0 Å². The van der Waals surface area contributed by atoms with Crippen LogP contribution in [0.25, 0.3) is 0 Å². The molecule has 1 N–H and O–H groups in total. The summed E-state index contributed by atoms with van der Waals surface area (Å²) in [4.78, 5) is 22.3. The number of anilines is 1. The number of rotatable bonds is 5. The van der Waals surface area contributed by atoms with Gasteiger partial charge in [-0.05, 0) is 12.1 Å². The Balaban J connectivity index is 1.56. The second kappa shape index (κ2) is 8.37. The van der Waals surface area contributed by atoms with Crippen LogP contribution in [0, 0.1) is 0 Å². The first-order valence-electron chi connectivity index (χ1n) is 8.41. The predicted molar refractivity (Wildman–Crippen MR) is 95.8 cm³/mol. The lowest BCUT2D eigenvalue weighted by molar-refractivity contribution is 0.111. The lowest BCUT2D eigenvalue weighted by atomic mass is 10.1. The minimum atomic E-state index is -0.169. The van der Waals surface area contributed by atoms with Gasteiger partial charge in [0.1, 0.15) is 12.4 Å². The fraction of sp³-hybridized carbons (Fsp3) is 0.389. The van der Waals surface area contributed by atoms with Crippen LogP contribution in [0.4, 0.5) is 10.5 Å². The lowest BCUT2D eigenvalue weighted by Crippen LogP contribution is -2.43. The zero-order valence-corrected chi connectivity index (χ0v) is 14.8. The van der Waals surface area contributed by atoms with E-state index < -0.39 is 0 Å². The minimum absolute atomic E-state index is 0.0419. The molecule has 2 aromatic rings. The monoisotopic (exact) mass is 358 g/mol. The van der Waals surface area contributed by atoms with Gasteiger partial charge in [-0.25, -0.2) is 14.8 Å². The Bertz CT molecular complexity index is 733. The van der Waals surface area contributed by atoms with E-state index in [-0.39, 0.29) is 12.1 Å². The van der Waals surface area contributed by atoms with E-state index in [9.17, 15) is 4.79 Å². The highest BCUT2D eigenvalue weighted by Gasteiger charge is 2.25. The summed E-state index contributed by atoms with van der Waals surface area (Å²) in [6, 6.07) is 6.93. The first kappa shape index (κ1) is 17.8. The zero-order chi connectivity index (χ0) is 18.4. The summed E-state index contributed by atoms with van der Waals surface area (Å²) < 4.78 is 16.4. The van der Waals surface area contributed by atoms with Gasteiger partial charge in [-0.3, -0.25) is 0 Å². The number of likely N-dealkylation sites (tertiary alicyclic amines) is 1. The van der Waals surface area contributed by atoms with Gasteiger partial charge in [0.05, 0.1) is 19.9 Å². The maximum atomic E-state index is 12.6.